The summed E-state index contributed by atoms with van der Waals surface area (Å²) in [6.45, 7) is 2.82. The van der Waals surface area contributed by atoms with Gasteiger partial charge in [0, 0.05) is 17.5 Å². The van der Waals surface area contributed by atoms with Gasteiger partial charge in [0.15, 0.2) is 9.84 Å². The second-order valence-electron chi connectivity index (χ2n) is 4.15. The van der Waals surface area contributed by atoms with Crippen LogP contribution in [-0.4, -0.2) is 26.0 Å². The van der Waals surface area contributed by atoms with E-state index in [2.05, 4.69) is 34.2 Å². The van der Waals surface area contributed by atoms with Crippen LogP contribution in [0.25, 0.3) is 0 Å². The van der Waals surface area contributed by atoms with Crippen LogP contribution in [0, 0.1) is 6.92 Å². The third-order valence-corrected chi connectivity index (χ3v) is 6.61. The van der Waals surface area contributed by atoms with Gasteiger partial charge in [-0.25, -0.2) is 8.42 Å². The Kier molecular flexibility index (Phi) is 3.73. The molecule has 0 aromatic carbocycles. The Morgan fingerprint density at radius 2 is 2.38 bits per heavy atom. The largest absolute Gasteiger partial charge is 0.308 e. The van der Waals surface area contributed by atoms with E-state index >= 15 is 0 Å². The molecule has 1 fully saturated rings. The van der Waals surface area contributed by atoms with Crippen LogP contribution in [0.3, 0.4) is 0 Å². The van der Waals surface area contributed by atoms with E-state index in [1.165, 1.54) is 10.4 Å². The predicted molar refractivity (Wildman–Crippen MR) is 70.7 cm³/mol. The molecular formula is C10H14BrNO2S2. The van der Waals surface area contributed by atoms with Crippen molar-refractivity contribution >= 4 is 37.1 Å². The standard InChI is InChI=1S/C10H14BrNO2S2/c1-7-4-9(15-10(7)11)5-12-8-2-3-16(13,14)6-8/h4,8,12H,2-3,5-6H2,1H3. The van der Waals surface area contributed by atoms with Gasteiger partial charge in [-0.2, -0.15) is 0 Å². The highest BCUT2D eigenvalue weighted by molar-refractivity contribution is 9.11. The van der Waals surface area contributed by atoms with E-state index < -0.39 is 9.84 Å². The maximum absolute atomic E-state index is 11.3. The van der Waals surface area contributed by atoms with Gasteiger partial charge in [0.2, 0.25) is 0 Å². The van der Waals surface area contributed by atoms with E-state index in [-0.39, 0.29) is 6.04 Å². The van der Waals surface area contributed by atoms with Gasteiger partial charge in [-0.1, -0.05) is 0 Å². The van der Waals surface area contributed by atoms with Crippen molar-refractivity contribution < 1.29 is 8.42 Å². The molecule has 0 aliphatic carbocycles. The van der Waals surface area contributed by atoms with Crippen LogP contribution in [0.15, 0.2) is 9.85 Å². The zero-order chi connectivity index (χ0) is 11.8. The molecule has 1 aliphatic rings. The molecule has 0 spiro atoms. The summed E-state index contributed by atoms with van der Waals surface area (Å²) in [4.78, 5) is 1.24. The topological polar surface area (TPSA) is 46.2 Å². The van der Waals surface area contributed by atoms with Crippen molar-refractivity contribution in [2.24, 2.45) is 0 Å². The third kappa shape index (κ3) is 3.06. The molecule has 1 atom stereocenters. The SMILES string of the molecule is Cc1cc(CNC2CCS(=O)(=O)C2)sc1Br. The molecule has 6 heteroatoms. The number of rotatable bonds is 3. The van der Waals surface area contributed by atoms with Crippen LogP contribution in [0.5, 0.6) is 0 Å². The average Bonchev–Trinajstić information content (AvgIpc) is 2.68. The number of halogens is 1. The quantitative estimate of drug-likeness (QED) is 0.926. The summed E-state index contributed by atoms with van der Waals surface area (Å²) in [5, 5.41) is 3.30. The minimum atomic E-state index is -2.77. The smallest absolute Gasteiger partial charge is 0.151 e. The van der Waals surface area contributed by atoms with Gasteiger partial charge in [0.1, 0.15) is 0 Å². The Labute approximate surface area is 108 Å². The minimum absolute atomic E-state index is 0.131. The van der Waals surface area contributed by atoms with Gasteiger partial charge in [-0.3, -0.25) is 0 Å². The molecule has 1 aromatic heterocycles. The van der Waals surface area contributed by atoms with Gasteiger partial charge in [-0.05, 0) is 40.9 Å². The number of thiophene rings is 1. The predicted octanol–water partition coefficient (Wildman–Crippen LogP) is 2.10. The second-order valence-corrected chi connectivity index (χ2v) is 8.83. The number of hydrogen-bond donors (Lipinski definition) is 1. The number of aryl methyl sites for hydroxylation is 1. The average molecular weight is 324 g/mol. The molecule has 1 N–H and O–H groups in total. The monoisotopic (exact) mass is 323 g/mol. The Morgan fingerprint density at radius 3 is 2.88 bits per heavy atom. The molecule has 1 aliphatic heterocycles. The highest BCUT2D eigenvalue weighted by atomic mass is 79.9. The van der Waals surface area contributed by atoms with Crippen LogP contribution in [-0.2, 0) is 16.4 Å². The first-order chi connectivity index (χ1) is 7.46. The Balaban J connectivity index is 1.89. The van der Waals surface area contributed by atoms with E-state index in [0.717, 1.165) is 16.8 Å². The fraction of sp³-hybridized carbons (Fsp3) is 0.600. The first kappa shape index (κ1) is 12.5. The molecule has 3 nitrogen and oxygen atoms in total. The lowest BCUT2D eigenvalue weighted by atomic mass is 10.2. The molecule has 0 radical (unpaired) electrons. The molecule has 2 heterocycles. The molecule has 2 rings (SSSR count). The highest BCUT2D eigenvalue weighted by Gasteiger charge is 2.27. The van der Waals surface area contributed by atoms with E-state index in [0.29, 0.717) is 11.5 Å². The van der Waals surface area contributed by atoms with Gasteiger partial charge in [0.05, 0.1) is 15.3 Å². The van der Waals surface area contributed by atoms with Crippen molar-refractivity contribution in [3.05, 3.63) is 20.3 Å². The molecule has 0 bridgehead atoms. The molecule has 1 aromatic rings. The fourth-order valence-corrected chi connectivity index (χ4v) is 5.10. The van der Waals surface area contributed by atoms with Gasteiger partial charge >= 0.3 is 0 Å². The van der Waals surface area contributed by atoms with Gasteiger partial charge in [-0.15, -0.1) is 11.3 Å². The van der Waals surface area contributed by atoms with E-state index in [4.69, 9.17) is 0 Å². The summed E-state index contributed by atoms with van der Waals surface area (Å²) in [5.41, 5.74) is 1.24. The second kappa shape index (κ2) is 4.76. The van der Waals surface area contributed by atoms with Crippen LogP contribution >= 0.6 is 27.3 Å². The summed E-state index contributed by atoms with van der Waals surface area (Å²) in [6.07, 6.45) is 0.744. The molecule has 1 unspecified atom stereocenters. The maximum atomic E-state index is 11.3. The maximum Gasteiger partial charge on any atom is 0.151 e. The summed E-state index contributed by atoms with van der Waals surface area (Å²) in [7, 11) is -2.77. The number of hydrogen-bond acceptors (Lipinski definition) is 4. The molecule has 0 saturated carbocycles. The van der Waals surface area contributed by atoms with Crippen LogP contribution < -0.4 is 5.32 Å². The molecule has 0 amide bonds. The van der Waals surface area contributed by atoms with Crippen molar-refractivity contribution in [2.75, 3.05) is 11.5 Å². The van der Waals surface area contributed by atoms with E-state index in [1.807, 2.05) is 0 Å². The Bertz CT molecular complexity index is 462. The van der Waals surface area contributed by atoms with Crippen LogP contribution in [0.4, 0.5) is 0 Å². The summed E-state index contributed by atoms with van der Waals surface area (Å²) >= 11 is 5.18. The normalized spacial score (nSPS) is 23.8. The lowest BCUT2D eigenvalue weighted by molar-refractivity contribution is 0.557. The minimum Gasteiger partial charge on any atom is -0.308 e. The summed E-state index contributed by atoms with van der Waals surface area (Å²) < 4.78 is 23.7. The summed E-state index contributed by atoms with van der Waals surface area (Å²) in [5.74, 6) is 0.621. The fourth-order valence-electron chi connectivity index (χ4n) is 1.81. The van der Waals surface area contributed by atoms with E-state index in [9.17, 15) is 8.42 Å². The Morgan fingerprint density at radius 1 is 1.62 bits per heavy atom. The zero-order valence-electron chi connectivity index (χ0n) is 8.99. The lowest BCUT2D eigenvalue weighted by Gasteiger charge is -2.08. The Hall–Kier alpha value is 0.0900. The number of sulfone groups is 1. The van der Waals surface area contributed by atoms with Crippen LogP contribution in [0.2, 0.25) is 0 Å². The summed E-state index contributed by atoms with van der Waals surface area (Å²) in [6, 6.07) is 2.26. The first-order valence-corrected chi connectivity index (χ1v) is 8.58. The van der Waals surface area contributed by atoms with Gasteiger partial charge in [0.25, 0.3) is 0 Å². The molecular weight excluding hydrogens is 310 g/mol. The third-order valence-electron chi connectivity index (χ3n) is 2.71. The van der Waals surface area contributed by atoms with Crippen molar-refractivity contribution in [3.8, 4) is 0 Å². The lowest BCUT2D eigenvalue weighted by Crippen LogP contribution is -2.29. The van der Waals surface area contributed by atoms with Crippen molar-refractivity contribution in [1.82, 2.24) is 5.32 Å². The van der Waals surface area contributed by atoms with Crippen molar-refractivity contribution in [3.63, 3.8) is 0 Å². The highest BCUT2D eigenvalue weighted by Crippen LogP contribution is 2.27. The number of nitrogens with one attached hydrogen (secondary N) is 1. The van der Waals surface area contributed by atoms with Crippen molar-refractivity contribution in [1.29, 1.82) is 0 Å². The van der Waals surface area contributed by atoms with Crippen LogP contribution in [0.1, 0.15) is 16.9 Å². The zero-order valence-corrected chi connectivity index (χ0v) is 12.2. The molecule has 16 heavy (non-hydrogen) atoms. The molecule has 90 valence electrons. The van der Waals surface area contributed by atoms with Crippen molar-refractivity contribution in [2.45, 2.75) is 25.9 Å². The first-order valence-electron chi connectivity index (χ1n) is 5.15. The van der Waals surface area contributed by atoms with E-state index in [1.54, 1.807) is 11.3 Å². The molecule has 1 saturated heterocycles. The van der Waals surface area contributed by atoms with Gasteiger partial charge < -0.3 is 5.32 Å².